The Morgan fingerprint density at radius 3 is 2.47 bits per heavy atom. The molecule has 0 unspecified atom stereocenters. The standard InChI is InChI=1S/C25H26Br2N2O3/c1-16(2)28-25(31)17(3)29(14-18-7-6-9-20(26)13-18)23(30)15-32-22-12-11-19-8-4-5-10-21(19)24(22)27/h4-13,16-17H,14-15H2,1-3H3,(H,28,31)/t17-/m0/s1. The molecule has 0 aliphatic carbocycles. The fraction of sp³-hybridized carbons (Fsp3) is 0.280. The second kappa shape index (κ2) is 11.0. The van der Waals surface area contributed by atoms with Crippen molar-refractivity contribution in [2.75, 3.05) is 6.61 Å². The summed E-state index contributed by atoms with van der Waals surface area (Å²) in [5.41, 5.74) is 0.920. The number of fused-ring (bicyclic) bond motifs is 1. The molecule has 1 N–H and O–H groups in total. The largest absolute Gasteiger partial charge is 0.483 e. The number of benzene rings is 3. The molecule has 5 nitrogen and oxygen atoms in total. The number of carbonyl (C=O) groups excluding carboxylic acids is 2. The Bertz CT molecular complexity index is 1120. The fourth-order valence-corrected chi connectivity index (χ4v) is 4.42. The topological polar surface area (TPSA) is 58.6 Å². The number of ether oxygens (including phenoxy) is 1. The molecule has 0 saturated carbocycles. The monoisotopic (exact) mass is 560 g/mol. The van der Waals surface area contributed by atoms with Crippen LogP contribution in [0.4, 0.5) is 0 Å². The molecular formula is C25H26Br2N2O3. The molecule has 0 aliphatic heterocycles. The highest BCUT2D eigenvalue weighted by Gasteiger charge is 2.27. The van der Waals surface area contributed by atoms with Gasteiger partial charge in [0.05, 0.1) is 4.47 Å². The van der Waals surface area contributed by atoms with Crippen molar-refractivity contribution >= 4 is 54.4 Å². The maximum atomic E-state index is 13.2. The summed E-state index contributed by atoms with van der Waals surface area (Å²) in [5, 5.41) is 4.97. The minimum Gasteiger partial charge on any atom is -0.483 e. The molecule has 32 heavy (non-hydrogen) atoms. The smallest absolute Gasteiger partial charge is 0.261 e. The van der Waals surface area contributed by atoms with Gasteiger partial charge in [0.15, 0.2) is 6.61 Å². The van der Waals surface area contributed by atoms with Gasteiger partial charge in [-0.3, -0.25) is 9.59 Å². The van der Waals surface area contributed by atoms with E-state index in [9.17, 15) is 9.59 Å². The van der Waals surface area contributed by atoms with E-state index < -0.39 is 6.04 Å². The fourth-order valence-electron chi connectivity index (χ4n) is 3.37. The van der Waals surface area contributed by atoms with E-state index in [1.807, 2.05) is 74.5 Å². The van der Waals surface area contributed by atoms with Gasteiger partial charge < -0.3 is 15.0 Å². The Morgan fingerprint density at radius 1 is 1.00 bits per heavy atom. The van der Waals surface area contributed by atoms with Gasteiger partial charge >= 0.3 is 0 Å². The molecule has 168 valence electrons. The molecule has 0 heterocycles. The van der Waals surface area contributed by atoms with Crippen LogP contribution in [-0.4, -0.2) is 35.4 Å². The molecular weight excluding hydrogens is 536 g/mol. The van der Waals surface area contributed by atoms with Gasteiger partial charge in [0, 0.05) is 17.1 Å². The first-order chi connectivity index (χ1) is 15.3. The van der Waals surface area contributed by atoms with Crippen molar-refractivity contribution in [1.29, 1.82) is 0 Å². The van der Waals surface area contributed by atoms with Crippen molar-refractivity contribution in [2.24, 2.45) is 0 Å². The summed E-state index contributed by atoms with van der Waals surface area (Å²) in [6, 6.07) is 18.8. The van der Waals surface area contributed by atoms with Crippen LogP contribution in [0, 0.1) is 0 Å². The normalized spacial score (nSPS) is 11.9. The molecule has 0 saturated heterocycles. The van der Waals surface area contributed by atoms with Crippen molar-refractivity contribution in [3.63, 3.8) is 0 Å². The number of carbonyl (C=O) groups is 2. The Morgan fingerprint density at radius 2 is 1.75 bits per heavy atom. The Kier molecular flexibility index (Phi) is 8.32. The lowest BCUT2D eigenvalue weighted by Crippen LogP contribution is -2.50. The first kappa shape index (κ1) is 24.3. The van der Waals surface area contributed by atoms with Crippen LogP contribution < -0.4 is 10.1 Å². The minimum atomic E-state index is -0.646. The van der Waals surface area contributed by atoms with Crippen molar-refractivity contribution < 1.29 is 14.3 Å². The molecule has 0 spiro atoms. The Balaban J connectivity index is 1.79. The van der Waals surface area contributed by atoms with Crippen molar-refractivity contribution in [1.82, 2.24) is 10.2 Å². The summed E-state index contributed by atoms with van der Waals surface area (Å²) < 4.78 is 7.59. The van der Waals surface area contributed by atoms with E-state index in [1.165, 1.54) is 0 Å². The quantitative estimate of drug-likeness (QED) is 0.384. The molecule has 0 bridgehead atoms. The zero-order valence-corrected chi connectivity index (χ0v) is 21.4. The molecule has 3 rings (SSSR count). The van der Waals surface area contributed by atoms with Gasteiger partial charge in [-0.05, 0) is 71.2 Å². The number of hydrogen-bond donors (Lipinski definition) is 1. The zero-order valence-electron chi connectivity index (χ0n) is 18.3. The van der Waals surface area contributed by atoms with Gasteiger partial charge in [0.1, 0.15) is 11.8 Å². The molecule has 0 radical (unpaired) electrons. The number of amides is 2. The summed E-state index contributed by atoms with van der Waals surface area (Å²) in [4.78, 5) is 27.4. The summed E-state index contributed by atoms with van der Waals surface area (Å²) >= 11 is 7.05. The highest BCUT2D eigenvalue weighted by Crippen LogP contribution is 2.33. The predicted molar refractivity (Wildman–Crippen MR) is 135 cm³/mol. The summed E-state index contributed by atoms with van der Waals surface area (Å²) in [5.74, 6) is 0.116. The van der Waals surface area contributed by atoms with Crippen LogP contribution in [0.3, 0.4) is 0 Å². The molecule has 3 aromatic carbocycles. The van der Waals surface area contributed by atoms with Crippen LogP contribution >= 0.6 is 31.9 Å². The second-order valence-corrected chi connectivity index (χ2v) is 9.59. The van der Waals surface area contributed by atoms with Gasteiger partial charge in [-0.1, -0.05) is 58.4 Å². The van der Waals surface area contributed by atoms with Crippen LogP contribution in [0.1, 0.15) is 26.3 Å². The number of rotatable bonds is 8. The third-order valence-electron chi connectivity index (χ3n) is 5.02. The zero-order chi connectivity index (χ0) is 23.3. The average Bonchev–Trinajstić information content (AvgIpc) is 2.76. The first-order valence-corrected chi connectivity index (χ1v) is 12.0. The van der Waals surface area contributed by atoms with Crippen LogP contribution in [0.25, 0.3) is 10.8 Å². The van der Waals surface area contributed by atoms with E-state index in [0.717, 1.165) is 25.3 Å². The lowest BCUT2D eigenvalue weighted by Gasteiger charge is -2.29. The summed E-state index contributed by atoms with van der Waals surface area (Å²) in [7, 11) is 0. The molecule has 0 aromatic heterocycles. The molecule has 3 aromatic rings. The predicted octanol–water partition coefficient (Wildman–Crippen LogP) is 5.69. The van der Waals surface area contributed by atoms with Gasteiger partial charge in [-0.15, -0.1) is 0 Å². The van der Waals surface area contributed by atoms with Gasteiger partial charge in [0.2, 0.25) is 5.91 Å². The lowest BCUT2D eigenvalue weighted by molar-refractivity contribution is -0.142. The molecule has 7 heteroatoms. The third-order valence-corrected chi connectivity index (χ3v) is 6.33. The Hall–Kier alpha value is -2.38. The van der Waals surface area contributed by atoms with Crippen LogP contribution in [0.2, 0.25) is 0 Å². The van der Waals surface area contributed by atoms with Gasteiger partial charge in [-0.2, -0.15) is 0 Å². The van der Waals surface area contributed by atoms with Crippen LogP contribution in [-0.2, 0) is 16.1 Å². The lowest BCUT2D eigenvalue weighted by atomic mass is 10.1. The molecule has 0 aliphatic rings. The van der Waals surface area contributed by atoms with E-state index in [4.69, 9.17) is 4.74 Å². The molecule has 0 fully saturated rings. The third kappa shape index (κ3) is 6.11. The summed E-state index contributed by atoms with van der Waals surface area (Å²) in [6.45, 7) is 5.65. The SMILES string of the molecule is CC(C)NC(=O)[C@H](C)N(Cc1cccc(Br)c1)C(=O)COc1ccc2ccccc2c1Br. The first-order valence-electron chi connectivity index (χ1n) is 10.4. The maximum absolute atomic E-state index is 13.2. The van der Waals surface area contributed by atoms with Gasteiger partial charge in [-0.25, -0.2) is 0 Å². The minimum absolute atomic E-state index is 0.0161. The summed E-state index contributed by atoms with van der Waals surface area (Å²) in [6.07, 6.45) is 0. The average molecular weight is 562 g/mol. The second-order valence-electron chi connectivity index (χ2n) is 7.88. The van der Waals surface area contributed by atoms with Gasteiger partial charge in [0.25, 0.3) is 5.91 Å². The van der Waals surface area contributed by atoms with E-state index in [1.54, 1.807) is 11.8 Å². The van der Waals surface area contributed by atoms with Crippen LogP contribution in [0.5, 0.6) is 5.75 Å². The van der Waals surface area contributed by atoms with E-state index in [-0.39, 0.29) is 24.5 Å². The van der Waals surface area contributed by atoms with E-state index >= 15 is 0 Å². The number of nitrogens with one attached hydrogen (secondary N) is 1. The van der Waals surface area contributed by atoms with Crippen molar-refractivity contribution in [2.45, 2.75) is 39.4 Å². The number of halogens is 2. The maximum Gasteiger partial charge on any atom is 0.261 e. The molecule has 2 amide bonds. The highest BCUT2D eigenvalue weighted by atomic mass is 79.9. The van der Waals surface area contributed by atoms with E-state index in [2.05, 4.69) is 37.2 Å². The molecule has 1 atom stereocenters. The van der Waals surface area contributed by atoms with Crippen molar-refractivity contribution in [3.05, 3.63) is 75.2 Å². The van der Waals surface area contributed by atoms with Crippen molar-refractivity contribution in [3.8, 4) is 5.75 Å². The number of nitrogens with zero attached hydrogens (tertiary/aromatic N) is 1. The number of hydrogen-bond acceptors (Lipinski definition) is 3. The van der Waals surface area contributed by atoms with E-state index in [0.29, 0.717) is 12.3 Å². The van der Waals surface area contributed by atoms with Crippen LogP contribution in [0.15, 0.2) is 69.6 Å². The Labute approximate surface area is 205 Å². The highest BCUT2D eigenvalue weighted by molar-refractivity contribution is 9.11.